The molecule has 0 saturated heterocycles. The Morgan fingerprint density at radius 2 is 1.82 bits per heavy atom. The summed E-state index contributed by atoms with van der Waals surface area (Å²) in [7, 11) is 0. The lowest BCUT2D eigenvalue weighted by Crippen LogP contribution is -2.13. The van der Waals surface area contributed by atoms with Crippen LogP contribution in [0.2, 0.25) is 0 Å². The van der Waals surface area contributed by atoms with Crippen molar-refractivity contribution in [1.29, 1.82) is 0 Å². The average Bonchev–Trinajstić information content (AvgIpc) is 2.35. The minimum Gasteiger partial charge on any atom is -0.477 e. The zero-order valence-electron chi connectivity index (χ0n) is 11.3. The van der Waals surface area contributed by atoms with E-state index in [4.69, 9.17) is 10.5 Å². The van der Waals surface area contributed by atoms with Crippen molar-refractivity contribution in [3.05, 3.63) is 11.4 Å². The highest BCUT2D eigenvalue weighted by Gasteiger charge is 2.11. The Bertz CT molecular complexity index is 362. The number of nitrogens with two attached hydrogens (primary N) is 1. The van der Waals surface area contributed by atoms with Gasteiger partial charge in [-0.3, -0.25) is 0 Å². The molecule has 4 heteroatoms. The van der Waals surface area contributed by atoms with E-state index in [1.807, 2.05) is 13.8 Å². The fraction of sp³-hybridized carbons (Fsp3) is 0.692. The molecule has 0 aromatic carbocycles. The normalized spacial score (nSPS) is 10.9. The van der Waals surface area contributed by atoms with Crippen molar-refractivity contribution in [2.75, 3.05) is 12.3 Å². The highest BCUT2D eigenvalue weighted by atomic mass is 16.5. The van der Waals surface area contributed by atoms with Crippen LogP contribution in [0.15, 0.2) is 0 Å². The molecule has 0 unspecified atom stereocenters. The summed E-state index contributed by atoms with van der Waals surface area (Å²) < 4.78 is 5.77. The molecular weight excluding hydrogens is 214 g/mol. The molecule has 0 fully saturated rings. The molecule has 2 N–H and O–H groups in total. The van der Waals surface area contributed by atoms with Gasteiger partial charge in [0.15, 0.2) is 0 Å². The van der Waals surface area contributed by atoms with Crippen molar-refractivity contribution < 1.29 is 4.74 Å². The molecule has 1 aromatic rings. The van der Waals surface area contributed by atoms with Gasteiger partial charge in [0.05, 0.1) is 12.2 Å². The van der Waals surface area contributed by atoms with Gasteiger partial charge in [-0.05, 0) is 12.8 Å². The van der Waals surface area contributed by atoms with Crippen molar-refractivity contribution >= 4 is 5.82 Å². The number of hydrogen-bond acceptors (Lipinski definition) is 4. The van der Waals surface area contributed by atoms with Crippen molar-refractivity contribution in [3.63, 3.8) is 0 Å². The summed E-state index contributed by atoms with van der Waals surface area (Å²) in [6.07, 6.45) is 3.01. The predicted octanol–water partition coefficient (Wildman–Crippen LogP) is 2.74. The Balaban J connectivity index is 2.79. The summed E-state index contributed by atoms with van der Waals surface area (Å²) in [5, 5.41) is 0. The van der Waals surface area contributed by atoms with E-state index in [0.29, 0.717) is 24.2 Å². The van der Waals surface area contributed by atoms with Crippen LogP contribution in [0.25, 0.3) is 0 Å². The molecule has 0 spiro atoms. The van der Waals surface area contributed by atoms with E-state index in [0.717, 1.165) is 30.7 Å². The van der Waals surface area contributed by atoms with E-state index in [1.54, 1.807) is 0 Å². The molecule has 0 bridgehead atoms. The summed E-state index contributed by atoms with van der Waals surface area (Å²) in [4.78, 5) is 8.58. The third-order valence-electron chi connectivity index (χ3n) is 3.11. The lowest BCUT2D eigenvalue weighted by molar-refractivity contribution is 0.230. The predicted molar refractivity (Wildman–Crippen MR) is 70.1 cm³/mol. The molecule has 4 nitrogen and oxygen atoms in total. The van der Waals surface area contributed by atoms with Crippen molar-refractivity contribution in [1.82, 2.24) is 9.97 Å². The highest BCUT2D eigenvalue weighted by Crippen LogP contribution is 2.21. The Labute approximate surface area is 104 Å². The first kappa shape index (κ1) is 13.7. The van der Waals surface area contributed by atoms with Crippen molar-refractivity contribution in [2.24, 2.45) is 5.92 Å². The number of aromatic nitrogens is 2. The SMILES string of the molecule is CCc1nc(N)c(C)c(OCC(CC)CC)n1. The zero-order valence-corrected chi connectivity index (χ0v) is 11.3. The third-order valence-corrected chi connectivity index (χ3v) is 3.11. The van der Waals surface area contributed by atoms with Crippen LogP contribution in [0, 0.1) is 12.8 Å². The van der Waals surface area contributed by atoms with Gasteiger partial charge in [-0.1, -0.05) is 33.6 Å². The van der Waals surface area contributed by atoms with Crippen LogP contribution in [-0.4, -0.2) is 16.6 Å². The number of hydrogen-bond donors (Lipinski definition) is 1. The van der Waals surface area contributed by atoms with E-state index in [2.05, 4.69) is 23.8 Å². The molecule has 1 aromatic heterocycles. The first-order valence-electron chi connectivity index (χ1n) is 6.38. The van der Waals surface area contributed by atoms with E-state index >= 15 is 0 Å². The van der Waals surface area contributed by atoms with Crippen LogP contribution in [-0.2, 0) is 6.42 Å². The molecular formula is C13H23N3O. The second kappa shape index (κ2) is 6.42. The van der Waals surface area contributed by atoms with E-state index < -0.39 is 0 Å². The molecule has 0 atom stereocenters. The van der Waals surface area contributed by atoms with Gasteiger partial charge in [0.25, 0.3) is 0 Å². The molecule has 1 heterocycles. The Hall–Kier alpha value is -1.32. The Kier molecular flexibility index (Phi) is 5.19. The molecule has 0 aliphatic heterocycles. The van der Waals surface area contributed by atoms with Crippen LogP contribution in [0.4, 0.5) is 5.82 Å². The van der Waals surface area contributed by atoms with Crippen LogP contribution in [0.3, 0.4) is 0 Å². The van der Waals surface area contributed by atoms with E-state index in [-0.39, 0.29) is 0 Å². The zero-order chi connectivity index (χ0) is 12.8. The average molecular weight is 237 g/mol. The van der Waals surface area contributed by atoms with Gasteiger partial charge < -0.3 is 10.5 Å². The van der Waals surface area contributed by atoms with Crippen LogP contribution in [0.1, 0.15) is 45.0 Å². The van der Waals surface area contributed by atoms with Gasteiger partial charge in [0.1, 0.15) is 11.6 Å². The standard InChI is InChI=1S/C13H23N3O/c1-5-10(6-2)8-17-13-9(4)12(14)15-11(7-3)16-13/h10H,5-8H2,1-4H3,(H2,14,15,16). The topological polar surface area (TPSA) is 61.0 Å². The Morgan fingerprint density at radius 1 is 1.18 bits per heavy atom. The van der Waals surface area contributed by atoms with Gasteiger partial charge in [0.2, 0.25) is 5.88 Å². The van der Waals surface area contributed by atoms with Crippen LogP contribution in [0.5, 0.6) is 5.88 Å². The maximum absolute atomic E-state index is 5.84. The number of nitrogens with zero attached hydrogens (tertiary/aromatic N) is 2. The number of rotatable bonds is 6. The maximum Gasteiger partial charge on any atom is 0.221 e. The number of aryl methyl sites for hydroxylation is 1. The van der Waals surface area contributed by atoms with Crippen molar-refractivity contribution in [2.45, 2.75) is 47.0 Å². The number of nitrogen functional groups attached to an aromatic ring is 1. The first-order chi connectivity index (χ1) is 8.12. The molecule has 0 amide bonds. The number of ether oxygens (including phenoxy) is 1. The molecule has 0 aliphatic carbocycles. The molecule has 1 rings (SSSR count). The number of anilines is 1. The maximum atomic E-state index is 5.84. The van der Waals surface area contributed by atoms with Crippen molar-refractivity contribution in [3.8, 4) is 5.88 Å². The summed E-state index contributed by atoms with van der Waals surface area (Å²) in [6, 6.07) is 0. The highest BCUT2D eigenvalue weighted by molar-refractivity contribution is 5.44. The lowest BCUT2D eigenvalue weighted by Gasteiger charge is -2.15. The van der Waals surface area contributed by atoms with Gasteiger partial charge in [-0.2, -0.15) is 4.98 Å². The van der Waals surface area contributed by atoms with Gasteiger partial charge in [-0.25, -0.2) is 4.98 Å². The summed E-state index contributed by atoms with van der Waals surface area (Å²) in [5.74, 6) is 2.49. The quantitative estimate of drug-likeness (QED) is 0.826. The summed E-state index contributed by atoms with van der Waals surface area (Å²) in [6.45, 7) is 8.96. The minimum atomic E-state index is 0.524. The molecule has 17 heavy (non-hydrogen) atoms. The molecule has 0 radical (unpaired) electrons. The second-order valence-electron chi connectivity index (χ2n) is 4.30. The Morgan fingerprint density at radius 3 is 2.35 bits per heavy atom. The summed E-state index contributed by atoms with van der Waals surface area (Å²) in [5.41, 5.74) is 6.68. The largest absolute Gasteiger partial charge is 0.477 e. The first-order valence-corrected chi connectivity index (χ1v) is 6.38. The molecule has 0 aliphatic rings. The second-order valence-corrected chi connectivity index (χ2v) is 4.30. The van der Waals surface area contributed by atoms with Gasteiger partial charge in [-0.15, -0.1) is 0 Å². The van der Waals surface area contributed by atoms with E-state index in [1.165, 1.54) is 0 Å². The van der Waals surface area contributed by atoms with E-state index in [9.17, 15) is 0 Å². The fourth-order valence-corrected chi connectivity index (χ4v) is 1.58. The smallest absolute Gasteiger partial charge is 0.221 e. The fourth-order valence-electron chi connectivity index (χ4n) is 1.58. The van der Waals surface area contributed by atoms with Crippen LogP contribution < -0.4 is 10.5 Å². The third kappa shape index (κ3) is 3.58. The minimum absolute atomic E-state index is 0.524. The monoisotopic (exact) mass is 237 g/mol. The van der Waals surface area contributed by atoms with Gasteiger partial charge >= 0.3 is 0 Å². The lowest BCUT2D eigenvalue weighted by atomic mass is 10.1. The van der Waals surface area contributed by atoms with Crippen LogP contribution >= 0.6 is 0 Å². The molecule has 96 valence electrons. The van der Waals surface area contributed by atoms with Gasteiger partial charge in [0, 0.05) is 6.42 Å². The molecule has 0 saturated carbocycles. The summed E-state index contributed by atoms with van der Waals surface area (Å²) >= 11 is 0.